The summed E-state index contributed by atoms with van der Waals surface area (Å²) in [4.78, 5) is 23.9. The summed E-state index contributed by atoms with van der Waals surface area (Å²) in [6.07, 6.45) is 6.56. The minimum atomic E-state index is -0.848. The normalized spacial score (nSPS) is 15.0. The molecule has 0 spiro atoms. The summed E-state index contributed by atoms with van der Waals surface area (Å²) in [5, 5.41) is 12.1. The highest BCUT2D eigenvalue weighted by molar-refractivity contribution is 5.81. The Morgan fingerprint density at radius 3 is 2.64 bits per heavy atom. The number of nitrogens with zero attached hydrogens (tertiary/aromatic N) is 1. The zero-order valence-corrected chi connectivity index (χ0v) is 16.2. The molecule has 1 aromatic carbocycles. The van der Waals surface area contributed by atoms with E-state index in [0.717, 1.165) is 24.8 Å². The van der Waals surface area contributed by atoms with Gasteiger partial charge in [0.25, 0.3) is 5.91 Å². The molecule has 1 aliphatic carbocycles. The lowest BCUT2D eigenvalue weighted by Gasteiger charge is -2.31. The molecule has 7 nitrogen and oxygen atoms in total. The summed E-state index contributed by atoms with van der Waals surface area (Å²) in [5.74, 6) is -0.259. The van der Waals surface area contributed by atoms with E-state index < -0.39 is 24.0 Å². The van der Waals surface area contributed by atoms with Crippen molar-refractivity contribution in [2.45, 2.75) is 44.1 Å². The summed E-state index contributed by atoms with van der Waals surface area (Å²) in [6, 6.07) is 7.56. The minimum absolute atomic E-state index is 0.353. The molecule has 0 atom stereocenters. The van der Waals surface area contributed by atoms with Gasteiger partial charge in [0, 0.05) is 0 Å². The van der Waals surface area contributed by atoms with Crippen LogP contribution in [-0.4, -0.2) is 37.7 Å². The van der Waals surface area contributed by atoms with Crippen molar-refractivity contribution < 1.29 is 23.8 Å². The summed E-state index contributed by atoms with van der Waals surface area (Å²) < 4.78 is 15.7. The maximum absolute atomic E-state index is 12.0. The number of allylic oxidation sites excluding steroid dienone is 1. The molecular formula is C21H26N2O5. The highest BCUT2D eigenvalue weighted by Gasteiger charge is 2.33. The number of nitrogens with one attached hydrogen (secondary N) is 1. The Balaban J connectivity index is 1.80. The van der Waals surface area contributed by atoms with Gasteiger partial charge >= 0.3 is 5.97 Å². The quantitative estimate of drug-likeness (QED) is 0.518. The van der Waals surface area contributed by atoms with E-state index in [2.05, 4.69) is 18.0 Å². The first kappa shape index (κ1) is 21.3. The molecule has 1 aromatic rings. The lowest BCUT2D eigenvalue weighted by molar-refractivity contribution is -0.150. The van der Waals surface area contributed by atoms with Gasteiger partial charge in [-0.25, -0.2) is 4.79 Å². The van der Waals surface area contributed by atoms with Crippen molar-refractivity contribution in [3.63, 3.8) is 0 Å². The Morgan fingerprint density at radius 2 is 2.00 bits per heavy atom. The zero-order valence-electron chi connectivity index (χ0n) is 16.2. The Kier molecular flexibility index (Phi) is 7.88. The van der Waals surface area contributed by atoms with Crippen LogP contribution in [0.15, 0.2) is 30.9 Å². The third-order valence-electron chi connectivity index (χ3n) is 4.62. The van der Waals surface area contributed by atoms with Crippen LogP contribution in [0.3, 0.4) is 0 Å². The first-order chi connectivity index (χ1) is 13.5. The number of amides is 1. The maximum Gasteiger partial charge on any atom is 0.344 e. The predicted molar refractivity (Wildman–Crippen MR) is 103 cm³/mol. The molecule has 0 unspecified atom stereocenters. The van der Waals surface area contributed by atoms with Gasteiger partial charge in [0.2, 0.25) is 0 Å². The number of ether oxygens (including phenoxy) is 3. The van der Waals surface area contributed by atoms with Crippen LogP contribution < -0.4 is 14.8 Å². The van der Waals surface area contributed by atoms with E-state index in [1.54, 1.807) is 18.2 Å². The molecule has 1 amide bonds. The summed E-state index contributed by atoms with van der Waals surface area (Å²) in [7, 11) is 1.51. The molecule has 0 aromatic heterocycles. The summed E-state index contributed by atoms with van der Waals surface area (Å²) in [6.45, 7) is 2.89. The molecule has 28 heavy (non-hydrogen) atoms. The molecular weight excluding hydrogens is 360 g/mol. The average molecular weight is 386 g/mol. The van der Waals surface area contributed by atoms with E-state index >= 15 is 0 Å². The van der Waals surface area contributed by atoms with Crippen molar-refractivity contribution in [1.82, 2.24) is 5.32 Å². The molecule has 0 bridgehead atoms. The molecule has 150 valence electrons. The van der Waals surface area contributed by atoms with Gasteiger partial charge < -0.3 is 19.5 Å². The van der Waals surface area contributed by atoms with Gasteiger partial charge in [-0.05, 0) is 37.0 Å². The molecule has 0 heterocycles. The number of esters is 1. The van der Waals surface area contributed by atoms with Gasteiger partial charge in [0.05, 0.1) is 13.2 Å². The van der Waals surface area contributed by atoms with Crippen LogP contribution in [0, 0.1) is 11.3 Å². The Hall–Kier alpha value is -3.01. The van der Waals surface area contributed by atoms with Gasteiger partial charge in [-0.3, -0.25) is 4.79 Å². The second kappa shape index (κ2) is 10.4. The second-order valence-electron chi connectivity index (χ2n) is 6.73. The van der Waals surface area contributed by atoms with Crippen molar-refractivity contribution in [2.24, 2.45) is 0 Å². The Morgan fingerprint density at radius 1 is 1.25 bits per heavy atom. The van der Waals surface area contributed by atoms with Gasteiger partial charge in [-0.15, -0.1) is 6.58 Å². The first-order valence-electron chi connectivity index (χ1n) is 9.30. The SMILES string of the molecule is C=CCc1ccc(OCC(=O)OCC(=O)NC2(C#N)CCCCC2)c(OC)c1. The van der Waals surface area contributed by atoms with E-state index in [-0.39, 0.29) is 6.61 Å². The van der Waals surface area contributed by atoms with Crippen LogP contribution in [0.5, 0.6) is 11.5 Å². The van der Waals surface area contributed by atoms with Crippen LogP contribution in [0.4, 0.5) is 0 Å². The third kappa shape index (κ3) is 6.02. The molecule has 1 fully saturated rings. The second-order valence-corrected chi connectivity index (χ2v) is 6.73. The van der Waals surface area contributed by atoms with Crippen molar-refractivity contribution in [1.29, 1.82) is 5.26 Å². The van der Waals surface area contributed by atoms with Crippen molar-refractivity contribution in [3.8, 4) is 17.6 Å². The van der Waals surface area contributed by atoms with Gasteiger partial charge in [-0.2, -0.15) is 5.26 Å². The average Bonchev–Trinajstić information content (AvgIpc) is 2.72. The van der Waals surface area contributed by atoms with Crippen LogP contribution in [0.1, 0.15) is 37.7 Å². The third-order valence-corrected chi connectivity index (χ3v) is 4.62. The van der Waals surface area contributed by atoms with Gasteiger partial charge in [0.15, 0.2) is 24.7 Å². The van der Waals surface area contributed by atoms with E-state index in [1.807, 2.05) is 6.07 Å². The number of hydrogen-bond donors (Lipinski definition) is 1. The monoisotopic (exact) mass is 386 g/mol. The lowest BCUT2D eigenvalue weighted by Crippen LogP contribution is -2.50. The van der Waals surface area contributed by atoms with Crippen molar-refractivity contribution in [3.05, 3.63) is 36.4 Å². The number of hydrogen-bond acceptors (Lipinski definition) is 6. The number of carbonyl (C=O) groups excluding carboxylic acids is 2. The highest BCUT2D eigenvalue weighted by Crippen LogP contribution is 2.29. The fourth-order valence-corrected chi connectivity index (χ4v) is 3.17. The lowest BCUT2D eigenvalue weighted by atomic mass is 9.83. The molecule has 0 aliphatic heterocycles. The summed E-state index contributed by atoms with van der Waals surface area (Å²) in [5.41, 5.74) is 0.159. The van der Waals surface area contributed by atoms with E-state index in [0.29, 0.717) is 30.8 Å². The van der Waals surface area contributed by atoms with Crippen LogP contribution >= 0.6 is 0 Å². The predicted octanol–water partition coefficient (Wildman–Crippen LogP) is 2.69. The number of carbonyl (C=O) groups is 2. The fourth-order valence-electron chi connectivity index (χ4n) is 3.17. The smallest absolute Gasteiger partial charge is 0.344 e. The van der Waals surface area contributed by atoms with Crippen molar-refractivity contribution in [2.75, 3.05) is 20.3 Å². The minimum Gasteiger partial charge on any atom is -0.493 e. The zero-order chi connectivity index (χ0) is 20.4. The van der Waals surface area contributed by atoms with E-state index in [1.165, 1.54) is 7.11 Å². The molecule has 0 saturated heterocycles. The molecule has 1 N–H and O–H groups in total. The van der Waals surface area contributed by atoms with E-state index in [4.69, 9.17) is 14.2 Å². The molecule has 0 radical (unpaired) electrons. The summed E-state index contributed by atoms with van der Waals surface area (Å²) >= 11 is 0. The van der Waals surface area contributed by atoms with Crippen molar-refractivity contribution >= 4 is 11.9 Å². The number of nitriles is 1. The standard InChI is InChI=1S/C21H26N2O5/c1-3-7-16-8-9-17(18(12-16)26-2)27-14-20(25)28-13-19(24)23-21(15-22)10-5-4-6-11-21/h3,8-9,12H,1,4-7,10-11,13-14H2,2H3,(H,23,24). The molecule has 1 aliphatic rings. The topological polar surface area (TPSA) is 97.6 Å². The largest absolute Gasteiger partial charge is 0.493 e. The van der Waals surface area contributed by atoms with Gasteiger partial charge in [-0.1, -0.05) is 31.4 Å². The molecule has 2 rings (SSSR count). The maximum atomic E-state index is 12.0. The van der Waals surface area contributed by atoms with Gasteiger partial charge in [0.1, 0.15) is 5.54 Å². The van der Waals surface area contributed by atoms with Crippen LogP contribution in [-0.2, 0) is 20.7 Å². The number of methoxy groups -OCH3 is 1. The Bertz CT molecular complexity index is 748. The first-order valence-corrected chi connectivity index (χ1v) is 9.30. The number of benzene rings is 1. The Labute approximate surface area is 165 Å². The highest BCUT2D eigenvalue weighted by atomic mass is 16.6. The van der Waals surface area contributed by atoms with Crippen LogP contribution in [0.25, 0.3) is 0 Å². The van der Waals surface area contributed by atoms with E-state index in [9.17, 15) is 14.9 Å². The molecule has 7 heteroatoms. The fraction of sp³-hybridized carbons (Fsp3) is 0.476. The van der Waals surface area contributed by atoms with Crippen LogP contribution in [0.2, 0.25) is 0 Å². The molecule has 1 saturated carbocycles. The number of rotatable bonds is 9.